The average Bonchev–Trinajstić information content (AvgIpc) is 1.61. The predicted molar refractivity (Wildman–Crippen MR) is 376 cm³/mol. The molecule has 5 fully saturated rings. The Morgan fingerprint density at radius 2 is 0.737 bits per heavy atom. The van der Waals surface area contributed by atoms with Gasteiger partial charge in [0.2, 0.25) is 0 Å². The summed E-state index contributed by atoms with van der Waals surface area (Å²) < 4.78 is 22.5. The number of fused-ring (bicyclic) bond motifs is 1. The third-order valence-electron chi connectivity index (χ3n) is 21.6. The fourth-order valence-electron chi connectivity index (χ4n) is 16.0. The summed E-state index contributed by atoms with van der Waals surface area (Å²) in [5.74, 6) is 2.16. The Morgan fingerprint density at radius 1 is 0.389 bits per heavy atom. The topological polar surface area (TPSA) is 52.3 Å². The molecule has 5 radical (unpaired) electrons. The van der Waals surface area contributed by atoms with Crippen LogP contribution in [0.15, 0.2) is 122 Å². The van der Waals surface area contributed by atoms with E-state index >= 15 is 0 Å². The largest absolute Gasteiger partial charge is 0.685 e. The molecule has 5 aromatic heterocycles. The van der Waals surface area contributed by atoms with Gasteiger partial charge in [0, 0.05) is 223 Å². The number of benzene rings is 5. The van der Waals surface area contributed by atoms with Crippen LogP contribution in [-0.2, 0) is 230 Å². The molecule has 7 nitrogen and oxygen atoms in total. The van der Waals surface area contributed by atoms with E-state index in [0.717, 1.165) is 30.1 Å². The van der Waals surface area contributed by atoms with E-state index in [-0.39, 0.29) is 202 Å². The van der Waals surface area contributed by atoms with Crippen LogP contribution in [0.2, 0.25) is 0 Å². The van der Waals surface area contributed by atoms with E-state index in [1.807, 2.05) is 18.3 Å². The molecule has 95 heavy (non-hydrogen) atoms. The molecule has 9 aliphatic rings. The summed E-state index contributed by atoms with van der Waals surface area (Å²) in [4.78, 5) is 4.33. The molecule has 0 bridgehead atoms. The van der Waals surface area contributed by atoms with Crippen LogP contribution in [0.3, 0.4) is 0 Å². The van der Waals surface area contributed by atoms with E-state index in [4.69, 9.17) is 9.47 Å². The minimum Gasteiger partial charge on any atom is -0.685 e. The van der Waals surface area contributed by atoms with Crippen molar-refractivity contribution in [1.82, 2.24) is 23.3 Å². The summed E-state index contributed by atoms with van der Waals surface area (Å²) in [6.07, 6.45) is 32.4. The van der Waals surface area contributed by atoms with E-state index in [2.05, 4.69) is 243 Å². The second-order valence-electron chi connectivity index (χ2n) is 34.5. The van der Waals surface area contributed by atoms with Crippen LogP contribution in [-0.4, -0.2) is 29.5 Å². The van der Waals surface area contributed by atoms with Crippen molar-refractivity contribution in [2.75, 3.05) is 0 Å². The Kier molecular flexibility index (Phi) is 23.7. The van der Waals surface area contributed by atoms with Crippen molar-refractivity contribution in [3.05, 3.63) is 173 Å². The van der Waals surface area contributed by atoms with Crippen molar-refractivity contribution >= 4 is 54.5 Å². The molecule has 0 unspecified atom stereocenters. The number of ether oxygens (including phenoxy) is 2. The Morgan fingerprint density at radius 3 is 1.07 bits per heavy atom. The van der Waals surface area contributed by atoms with E-state index in [1.165, 1.54) is 180 Å². The van der Waals surface area contributed by atoms with Crippen molar-refractivity contribution < 1.29 is 173 Å². The van der Waals surface area contributed by atoms with Crippen LogP contribution >= 0.6 is 0 Å². The number of hydrogen-bond acceptors (Lipinski definition) is 2. The summed E-state index contributed by atoms with van der Waals surface area (Å²) in [7, 11) is 0. The minimum absolute atomic E-state index is 0. The molecule has 0 atom stereocenters. The normalized spacial score (nSPS) is 18.4. The summed E-state index contributed by atoms with van der Waals surface area (Å²) in [6, 6.07) is 35.9. The fourth-order valence-corrected chi connectivity index (χ4v) is 16.0. The smallest absolute Gasteiger partial charge is 0.144 e. The Bertz CT molecular complexity index is 4130. The van der Waals surface area contributed by atoms with Gasteiger partial charge in [-0.2, -0.15) is 30.5 Å². The first-order valence-electron chi connectivity index (χ1n) is 34.6. The average molecular weight is 1650 g/mol. The molecule has 0 saturated heterocycles. The number of rotatable bonds is 0. The van der Waals surface area contributed by atoms with E-state index in [9.17, 15) is 0 Å². The van der Waals surface area contributed by atoms with Gasteiger partial charge in [0.15, 0.2) is 0 Å². The van der Waals surface area contributed by atoms with Crippen molar-refractivity contribution in [1.29, 1.82) is 0 Å². The maximum atomic E-state index is 6.33. The molecule has 5 aromatic carbocycles. The predicted octanol–water partition coefficient (Wildman–Crippen LogP) is 20.9. The molecule has 10 aromatic rings. The maximum Gasteiger partial charge on any atom is 0.144 e. The second kappa shape index (κ2) is 28.9. The Balaban J connectivity index is 0.000000137. The maximum absolute atomic E-state index is 6.33. The van der Waals surface area contributed by atoms with Crippen molar-refractivity contribution in [3.63, 3.8) is 0 Å². The quantitative estimate of drug-likeness (QED) is 0.142. The van der Waals surface area contributed by atoms with E-state index < -0.39 is 0 Å². The molecule has 5 aliphatic carbocycles. The molecule has 489 valence electrons. The van der Waals surface area contributed by atoms with Gasteiger partial charge >= 0.3 is 0 Å². The molecule has 9 heterocycles. The van der Waals surface area contributed by atoms with Gasteiger partial charge in [0.1, 0.15) is 22.7 Å². The summed E-state index contributed by atoms with van der Waals surface area (Å²) in [6.45, 7) is 38.8. The molecule has 0 N–H and O–H groups in total. The molecule has 0 amide bonds. The Hall–Kier alpha value is -1.08. The van der Waals surface area contributed by atoms with Gasteiger partial charge in [0.05, 0.1) is 35.2 Å². The first-order valence-corrected chi connectivity index (χ1v) is 34.6. The molecule has 5 saturated carbocycles. The molecular formula is C83H102N5O2Y5-3. The summed E-state index contributed by atoms with van der Waals surface area (Å²) in [5, 5.41) is 6.92. The van der Waals surface area contributed by atoms with Gasteiger partial charge in [-0.3, -0.25) is 5.52 Å². The van der Waals surface area contributed by atoms with Gasteiger partial charge in [-0.15, -0.1) is 10.9 Å². The summed E-state index contributed by atoms with van der Waals surface area (Å²) in [5.41, 5.74) is 19.4. The van der Waals surface area contributed by atoms with E-state index in [0.29, 0.717) is 10.8 Å². The van der Waals surface area contributed by atoms with Crippen molar-refractivity contribution in [2.45, 2.75) is 258 Å². The van der Waals surface area contributed by atoms with Crippen molar-refractivity contribution in [3.8, 4) is 11.5 Å². The SMILES string of the molecule is CC(C)(C)c1c[n-]c2[c-]cccc12.CC(C)(C)c1cn2c3c(cccc13)CC1(CC1)C2.CC(C)(C)c1cn2c3c(cccc13)CC1(CCC1)C2.CC(C)(C)c1cn2c3c(cccc13)OC1(CC1)C2.CC(C)(C)c1cn2c3c(cccc13)OC1(CCC1)C2.[CH-]1CC1.[Y].[Y].[Y].[Y].[Y]. The minimum atomic E-state index is 0. The van der Waals surface area contributed by atoms with Gasteiger partial charge in [0.25, 0.3) is 0 Å². The van der Waals surface area contributed by atoms with Gasteiger partial charge in [-0.25, -0.2) is 12.8 Å². The molecule has 19 rings (SSSR count). The number of nitrogens with zero attached hydrogens (tertiary/aromatic N) is 5. The monoisotopic (exact) mass is 1650 g/mol. The van der Waals surface area contributed by atoms with Crippen LogP contribution in [0.1, 0.15) is 220 Å². The van der Waals surface area contributed by atoms with Gasteiger partial charge < -0.3 is 39.1 Å². The van der Waals surface area contributed by atoms with Crippen LogP contribution < -0.4 is 14.5 Å². The van der Waals surface area contributed by atoms with Crippen LogP contribution in [0.4, 0.5) is 0 Å². The number of para-hydroxylation sites is 5. The third-order valence-corrected chi connectivity index (χ3v) is 21.6. The molecule has 4 aliphatic heterocycles. The zero-order valence-corrected chi connectivity index (χ0v) is 74.5. The zero-order chi connectivity index (χ0) is 63.2. The number of hydrogen-bond donors (Lipinski definition) is 0. The number of aromatic nitrogens is 5. The first kappa shape index (κ1) is 78.1. The third kappa shape index (κ3) is 15.9. The second-order valence-corrected chi connectivity index (χ2v) is 34.5. The summed E-state index contributed by atoms with van der Waals surface area (Å²) >= 11 is 0. The van der Waals surface area contributed by atoms with E-state index in [1.54, 1.807) is 11.1 Å². The standard InChI is InChI=1S/C18H23N.C17H21NO.C17H21N.C16H19NO.C12H13N.C3H5.5Y/c1-17(2,3)15-11-19-12-18(8-5-9-18)10-13-6-4-7-14(15)16(13)19;1-16(2,3)13-10-18-11-17(8-5-9-17)19-14-7-4-6-12(13)15(14)18;1-16(2,3)14-10-18-11-17(7-8-17)9-12-5-4-6-13(14)15(12)18;1-15(2,3)12-9-17-10-16(7-8-16)18-13-6-4-5-11(12)14(13)17;1-12(2,3)10-8-13-11-7-5-4-6-9(10)11;1-2-3-1;;;;;/h4,6-7,11H,5,8-10,12H2,1-3H3;4,6-7,10H,5,8-9,11H2,1-3H3;4-6,10H,7-9,11H2,1-3H3;4-6,9H,7-8,10H2,1-3H3;4-6,8H,1-3H3;1H,2-3H2;;;;;/q;;;;-2;-1;;;;;. The molecule has 4 spiro atoms. The fraction of sp³-hybridized carbons (Fsp3) is 0.506. The van der Waals surface area contributed by atoms with Gasteiger partial charge in [-0.05, 0) is 154 Å². The van der Waals surface area contributed by atoms with Crippen molar-refractivity contribution in [2.24, 2.45) is 10.8 Å². The van der Waals surface area contributed by atoms with Crippen LogP contribution in [0.5, 0.6) is 11.5 Å². The molecule has 12 heteroatoms. The van der Waals surface area contributed by atoms with Gasteiger partial charge in [-0.1, -0.05) is 171 Å². The first-order chi connectivity index (χ1) is 42.5. The molecular weight excluding hydrogens is 1540 g/mol. The van der Waals surface area contributed by atoms with Crippen LogP contribution in [0, 0.1) is 23.3 Å². The Labute approximate surface area is 695 Å². The van der Waals surface area contributed by atoms with Crippen LogP contribution in [0.25, 0.3) is 54.5 Å². The zero-order valence-electron chi connectivity index (χ0n) is 60.3.